The third-order valence-corrected chi connectivity index (χ3v) is 9.07. The summed E-state index contributed by atoms with van der Waals surface area (Å²) < 4.78 is 0. The van der Waals surface area contributed by atoms with Crippen LogP contribution in [0.3, 0.4) is 0 Å². The van der Waals surface area contributed by atoms with Crippen molar-refractivity contribution in [2.24, 2.45) is 0 Å². The number of carbonyl (C=O) groups is 2. The number of unbranched alkanes of at least 4 members (excludes halogenated alkanes) is 24. The lowest BCUT2D eigenvalue weighted by Crippen LogP contribution is -2.47. The van der Waals surface area contributed by atoms with E-state index in [2.05, 4.69) is 41.9 Å². The Hall–Kier alpha value is -1.36. The van der Waals surface area contributed by atoms with Crippen molar-refractivity contribution in [3.05, 3.63) is 12.2 Å². The first-order valence-electron chi connectivity index (χ1n) is 20.0. The average molecular weight is 634 g/mol. The van der Waals surface area contributed by atoms with Crippen molar-refractivity contribution in [2.45, 2.75) is 213 Å². The van der Waals surface area contributed by atoms with Gasteiger partial charge in [0.15, 0.2) is 0 Å². The highest BCUT2D eigenvalue weighted by atomic mass is 16.2. The Kier molecular flexibility index (Phi) is 36.0. The van der Waals surface area contributed by atoms with Crippen molar-refractivity contribution in [1.82, 2.24) is 16.0 Å². The fourth-order valence-electron chi connectivity index (χ4n) is 6.03. The van der Waals surface area contributed by atoms with Gasteiger partial charge in [-0.2, -0.15) is 0 Å². The van der Waals surface area contributed by atoms with E-state index in [1.807, 2.05) is 7.05 Å². The van der Waals surface area contributed by atoms with Gasteiger partial charge in [-0.15, -0.1) is 0 Å². The molecule has 0 aliphatic rings. The summed E-state index contributed by atoms with van der Waals surface area (Å²) in [6.07, 6.45) is 41.8. The molecule has 0 aliphatic carbocycles. The van der Waals surface area contributed by atoms with Crippen LogP contribution in [0.4, 0.5) is 0 Å². The molecule has 266 valence electrons. The second-order valence-corrected chi connectivity index (χ2v) is 13.6. The monoisotopic (exact) mass is 634 g/mol. The minimum absolute atomic E-state index is 0.0151. The first kappa shape index (κ1) is 43.6. The Morgan fingerprint density at radius 2 is 0.933 bits per heavy atom. The molecule has 0 fully saturated rings. The molecule has 0 radical (unpaired) electrons. The van der Waals surface area contributed by atoms with Crippen LogP contribution in [0.5, 0.6) is 0 Å². The summed E-state index contributed by atoms with van der Waals surface area (Å²) in [5.41, 5.74) is 0. The largest absolute Gasteiger partial charge is 0.354 e. The number of hydrogen-bond donors (Lipinski definition) is 3. The molecule has 0 saturated heterocycles. The van der Waals surface area contributed by atoms with E-state index in [0.717, 1.165) is 32.2 Å². The van der Waals surface area contributed by atoms with Crippen LogP contribution in [0.1, 0.15) is 206 Å². The molecular weight excluding hydrogens is 554 g/mol. The van der Waals surface area contributed by atoms with Gasteiger partial charge in [-0.1, -0.05) is 161 Å². The molecular formula is C40H79N3O2. The van der Waals surface area contributed by atoms with Gasteiger partial charge in [0.1, 0.15) is 6.04 Å². The van der Waals surface area contributed by atoms with E-state index in [-0.39, 0.29) is 11.8 Å². The summed E-state index contributed by atoms with van der Waals surface area (Å²) in [6, 6.07) is -0.416. The molecule has 1 atom stereocenters. The summed E-state index contributed by atoms with van der Waals surface area (Å²) in [4.78, 5) is 25.5. The maximum Gasteiger partial charge on any atom is 0.242 e. The Morgan fingerprint density at radius 1 is 0.511 bits per heavy atom. The quantitative estimate of drug-likeness (QED) is 0.0475. The summed E-state index contributed by atoms with van der Waals surface area (Å²) >= 11 is 0. The zero-order valence-corrected chi connectivity index (χ0v) is 30.7. The Balaban J connectivity index is 3.85. The van der Waals surface area contributed by atoms with Gasteiger partial charge in [0.2, 0.25) is 11.8 Å². The van der Waals surface area contributed by atoms with E-state index in [0.29, 0.717) is 19.4 Å². The van der Waals surface area contributed by atoms with Gasteiger partial charge in [-0.3, -0.25) is 9.59 Å². The van der Waals surface area contributed by atoms with Gasteiger partial charge < -0.3 is 16.0 Å². The predicted molar refractivity (Wildman–Crippen MR) is 198 cm³/mol. The Morgan fingerprint density at radius 3 is 1.40 bits per heavy atom. The van der Waals surface area contributed by atoms with Crippen LogP contribution in [-0.2, 0) is 9.59 Å². The van der Waals surface area contributed by atoms with E-state index in [1.54, 1.807) is 0 Å². The van der Waals surface area contributed by atoms with Gasteiger partial charge >= 0.3 is 0 Å². The van der Waals surface area contributed by atoms with E-state index >= 15 is 0 Å². The van der Waals surface area contributed by atoms with Crippen LogP contribution in [0.15, 0.2) is 12.2 Å². The smallest absolute Gasteiger partial charge is 0.242 e. The fourth-order valence-corrected chi connectivity index (χ4v) is 6.03. The van der Waals surface area contributed by atoms with Gasteiger partial charge in [-0.05, 0) is 65.0 Å². The summed E-state index contributed by atoms with van der Waals surface area (Å²) in [6.45, 7) is 6.12. The molecule has 45 heavy (non-hydrogen) atoms. The van der Waals surface area contributed by atoms with Crippen LogP contribution in [0.25, 0.3) is 0 Å². The van der Waals surface area contributed by atoms with Crippen LogP contribution < -0.4 is 16.0 Å². The number of carbonyl (C=O) groups excluding carboxylic acids is 2. The topological polar surface area (TPSA) is 70.2 Å². The molecule has 0 saturated carbocycles. The van der Waals surface area contributed by atoms with E-state index in [9.17, 15) is 9.59 Å². The van der Waals surface area contributed by atoms with Crippen molar-refractivity contribution < 1.29 is 9.59 Å². The second kappa shape index (κ2) is 37.1. The highest BCUT2D eigenvalue weighted by Gasteiger charge is 2.19. The van der Waals surface area contributed by atoms with Gasteiger partial charge in [0, 0.05) is 13.0 Å². The number of allylic oxidation sites excluding steroid dienone is 2. The summed E-state index contributed by atoms with van der Waals surface area (Å²) in [5.74, 6) is 0.00687. The lowest BCUT2D eigenvalue weighted by atomic mass is 10.0. The molecule has 0 rings (SSSR count). The molecule has 0 aromatic rings. The van der Waals surface area contributed by atoms with Crippen molar-refractivity contribution in [3.63, 3.8) is 0 Å². The zero-order chi connectivity index (χ0) is 32.9. The van der Waals surface area contributed by atoms with Crippen molar-refractivity contribution >= 4 is 11.8 Å². The third kappa shape index (κ3) is 33.8. The third-order valence-electron chi connectivity index (χ3n) is 9.07. The fraction of sp³-hybridized carbons (Fsp3) is 0.900. The van der Waals surface area contributed by atoms with Crippen molar-refractivity contribution in [1.29, 1.82) is 0 Å². The van der Waals surface area contributed by atoms with Crippen molar-refractivity contribution in [3.8, 4) is 0 Å². The van der Waals surface area contributed by atoms with Crippen LogP contribution >= 0.6 is 0 Å². The minimum atomic E-state index is -0.416. The first-order chi connectivity index (χ1) is 22.2. The molecule has 0 aromatic heterocycles. The summed E-state index contributed by atoms with van der Waals surface area (Å²) in [7, 11) is 1.93. The van der Waals surface area contributed by atoms with E-state index < -0.39 is 6.04 Å². The molecule has 2 amide bonds. The Bertz CT molecular complexity index is 651. The molecule has 3 N–H and O–H groups in total. The second-order valence-electron chi connectivity index (χ2n) is 13.6. The van der Waals surface area contributed by atoms with Crippen LogP contribution in [0, 0.1) is 0 Å². The SMILES string of the molecule is CCCCCCCCC=CCCCCCCCC(=O)NC(CCCNC)C(=O)NCCCCCCCCCCCCCCCC. The highest BCUT2D eigenvalue weighted by Crippen LogP contribution is 2.13. The predicted octanol–water partition coefficient (Wildman–Crippen LogP) is 11.1. The highest BCUT2D eigenvalue weighted by molar-refractivity contribution is 5.87. The molecule has 5 heteroatoms. The number of hydrogen-bond acceptors (Lipinski definition) is 3. The average Bonchev–Trinajstić information content (AvgIpc) is 3.04. The molecule has 0 spiro atoms. The molecule has 1 unspecified atom stereocenters. The van der Waals surface area contributed by atoms with Crippen LogP contribution in [0.2, 0.25) is 0 Å². The number of nitrogens with one attached hydrogen (secondary N) is 3. The van der Waals surface area contributed by atoms with Gasteiger partial charge in [0.05, 0.1) is 0 Å². The maximum atomic E-state index is 12.9. The Labute approximate surface area is 281 Å². The normalized spacial score (nSPS) is 12.2. The molecule has 0 aliphatic heterocycles. The van der Waals surface area contributed by atoms with E-state index in [4.69, 9.17) is 0 Å². The number of rotatable bonds is 36. The van der Waals surface area contributed by atoms with Crippen molar-refractivity contribution in [2.75, 3.05) is 20.1 Å². The molecule has 0 bridgehead atoms. The van der Waals surface area contributed by atoms with E-state index in [1.165, 1.54) is 154 Å². The number of amides is 2. The van der Waals surface area contributed by atoms with Gasteiger partial charge in [0.25, 0.3) is 0 Å². The zero-order valence-electron chi connectivity index (χ0n) is 30.7. The molecule has 0 aromatic carbocycles. The van der Waals surface area contributed by atoms with Gasteiger partial charge in [-0.25, -0.2) is 0 Å². The lowest BCUT2D eigenvalue weighted by Gasteiger charge is -2.18. The van der Waals surface area contributed by atoms with Crippen LogP contribution in [-0.4, -0.2) is 38.0 Å². The minimum Gasteiger partial charge on any atom is -0.354 e. The lowest BCUT2D eigenvalue weighted by molar-refractivity contribution is -0.129. The molecule has 0 heterocycles. The maximum absolute atomic E-state index is 12.9. The first-order valence-corrected chi connectivity index (χ1v) is 20.0. The standard InChI is InChI=1S/C40H79N3O2/c1-4-6-8-10-12-14-16-18-20-21-23-25-27-29-31-35-39(44)43-38(34-33-36-41-3)40(45)42-37-32-30-28-26-24-22-19-17-15-13-11-9-7-5-2/h18,20,38,41H,4-17,19,21-37H2,1-3H3,(H,42,45)(H,43,44). The summed E-state index contributed by atoms with van der Waals surface area (Å²) in [5, 5.41) is 9.29. The molecule has 5 nitrogen and oxygen atoms in total.